The van der Waals surface area contributed by atoms with Crippen LogP contribution in [0.5, 0.6) is 0 Å². The quantitative estimate of drug-likeness (QED) is 0.600. The predicted octanol–water partition coefficient (Wildman–Crippen LogP) is 1.75. The van der Waals surface area contributed by atoms with Gasteiger partial charge in [-0.2, -0.15) is 5.26 Å². The molecule has 0 aliphatic rings. The minimum Gasteiger partial charge on any atom is -0.378 e. The first-order chi connectivity index (χ1) is 8.45. The Balaban J connectivity index is 3.01. The summed E-state index contributed by atoms with van der Waals surface area (Å²) in [6, 6.07) is 9.59. The molecule has 0 unspecified atom stereocenters. The molecule has 0 saturated heterocycles. The zero-order chi connectivity index (χ0) is 13.7. The van der Waals surface area contributed by atoms with Crippen molar-refractivity contribution in [3.05, 3.63) is 35.4 Å². The van der Waals surface area contributed by atoms with Crippen molar-refractivity contribution in [2.24, 2.45) is 0 Å². The van der Waals surface area contributed by atoms with Crippen molar-refractivity contribution < 1.29 is 4.79 Å². The summed E-state index contributed by atoms with van der Waals surface area (Å²) >= 11 is 0. The third kappa shape index (κ3) is 3.36. The molecule has 0 heterocycles. The molecular weight excluding hydrogens is 226 g/mol. The lowest BCUT2D eigenvalue weighted by Gasteiger charge is -2.12. The highest BCUT2D eigenvalue weighted by Crippen LogP contribution is 2.15. The first kappa shape index (κ1) is 13.8. The summed E-state index contributed by atoms with van der Waals surface area (Å²) in [6.07, 6.45) is 1.60. The van der Waals surface area contributed by atoms with E-state index in [-0.39, 0.29) is 11.5 Å². The lowest BCUT2D eigenvalue weighted by atomic mass is 10.1. The summed E-state index contributed by atoms with van der Waals surface area (Å²) in [4.78, 5) is 15.1. The summed E-state index contributed by atoms with van der Waals surface area (Å²) in [5, 5.41) is 8.98. The molecule has 0 aromatic heterocycles. The lowest BCUT2D eigenvalue weighted by Crippen LogP contribution is -2.22. The highest BCUT2D eigenvalue weighted by atomic mass is 16.2. The molecule has 0 spiro atoms. The van der Waals surface area contributed by atoms with Gasteiger partial charge < -0.3 is 9.80 Å². The molecule has 0 N–H and O–H groups in total. The SMILES string of the molecule is CN(C)C(=O)/C(C#N)=C\c1ccc(N(C)C)cc1. The molecule has 4 heteroatoms. The number of nitriles is 1. The van der Waals surface area contributed by atoms with Gasteiger partial charge in [-0.15, -0.1) is 0 Å². The number of carbonyl (C=O) groups is 1. The first-order valence-corrected chi connectivity index (χ1v) is 5.56. The third-order valence-electron chi connectivity index (χ3n) is 2.48. The van der Waals surface area contributed by atoms with Gasteiger partial charge in [-0.25, -0.2) is 0 Å². The number of anilines is 1. The first-order valence-electron chi connectivity index (χ1n) is 5.56. The topological polar surface area (TPSA) is 47.3 Å². The van der Waals surface area contributed by atoms with Crippen LogP contribution in [0.15, 0.2) is 29.8 Å². The maximum atomic E-state index is 11.7. The molecule has 0 aliphatic heterocycles. The van der Waals surface area contributed by atoms with Crippen LogP contribution in [0.4, 0.5) is 5.69 Å². The number of hydrogen-bond acceptors (Lipinski definition) is 3. The molecule has 18 heavy (non-hydrogen) atoms. The summed E-state index contributed by atoms with van der Waals surface area (Å²) in [5.74, 6) is -0.283. The third-order valence-corrected chi connectivity index (χ3v) is 2.48. The van der Waals surface area contributed by atoms with Crippen LogP contribution in [0, 0.1) is 11.3 Å². The van der Waals surface area contributed by atoms with Crippen molar-refractivity contribution in [2.45, 2.75) is 0 Å². The van der Waals surface area contributed by atoms with E-state index in [1.807, 2.05) is 49.3 Å². The fourth-order valence-electron chi connectivity index (χ4n) is 1.42. The van der Waals surface area contributed by atoms with Crippen LogP contribution in [-0.4, -0.2) is 39.0 Å². The van der Waals surface area contributed by atoms with Crippen LogP contribution in [0.2, 0.25) is 0 Å². The van der Waals surface area contributed by atoms with Crippen LogP contribution in [-0.2, 0) is 4.79 Å². The van der Waals surface area contributed by atoms with E-state index >= 15 is 0 Å². The van der Waals surface area contributed by atoms with Gasteiger partial charge in [0.05, 0.1) is 0 Å². The maximum absolute atomic E-state index is 11.7. The van der Waals surface area contributed by atoms with Crippen LogP contribution in [0.1, 0.15) is 5.56 Å². The maximum Gasteiger partial charge on any atom is 0.264 e. The number of rotatable bonds is 3. The van der Waals surface area contributed by atoms with Crippen molar-refractivity contribution in [3.8, 4) is 6.07 Å². The Bertz CT molecular complexity index is 493. The Morgan fingerprint density at radius 2 is 1.72 bits per heavy atom. The molecule has 0 aliphatic carbocycles. The van der Waals surface area contributed by atoms with E-state index < -0.39 is 0 Å². The zero-order valence-electron chi connectivity index (χ0n) is 11.1. The second-order valence-corrected chi connectivity index (χ2v) is 4.36. The van der Waals surface area contributed by atoms with E-state index in [2.05, 4.69) is 0 Å². The Labute approximate surface area is 108 Å². The number of carbonyl (C=O) groups excluding carboxylic acids is 1. The van der Waals surface area contributed by atoms with E-state index in [1.165, 1.54) is 4.90 Å². The molecule has 1 aromatic rings. The zero-order valence-corrected chi connectivity index (χ0v) is 11.1. The molecule has 0 saturated carbocycles. The highest BCUT2D eigenvalue weighted by molar-refractivity contribution is 6.01. The van der Waals surface area contributed by atoms with Crippen LogP contribution < -0.4 is 4.90 Å². The van der Waals surface area contributed by atoms with E-state index in [0.29, 0.717) is 0 Å². The second kappa shape index (κ2) is 5.87. The average Bonchev–Trinajstić information content (AvgIpc) is 2.35. The van der Waals surface area contributed by atoms with Crippen molar-refractivity contribution in [3.63, 3.8) is 0 Å². The Hall–Kier alpha value is -2.28. The fraction of sp³-hybridized carbons (Fsp3) is 0.286. The smallest absolute Gasteiger partial charge is 0.264 e. The van der Waals surface area contributed by atoms with Crippen molar-refractivity contribution in [1.82, 2.24) is 4.90 Å². The van der Waals surface area contributed by atoms with Gasteiger partial charge in [0, 0.05) is 33.9 Å². The molecule has 1 rings (SSSR count). The predicted molar refractivity (Wildman–Crippen MR) is 73.1 cm³/mol. The number of hydrogen-bond donors (Lipinski definition) is 0. The number of nitrogens with zero attached hydrogens (tertiary/aromatic N) is 3. The van der Waals surface area contributed by atoms with E-state index in [1.54, 1.807) is 20.2 Å². The molecular formula is C14H17N3O. The van der Waals surface area contributed by atoms with Gasteiger partial charge in [0.25, 0.3) is 5.91 Å². The summed E-state index contributed by atoms with van der Waals surface area (Å²) in [7, 11) is 7.17. The lowest BCUT2D eigenvalue weighted by molar-refractivity contribution is -0.124. The van der Waals surface area contributed by atoms with E-state index in [9.17, 15) is 4.79 Å². The molecule has 0 radical (unpaired) electrons. The van der Waals surface area contributed by atoms with Gasteiger partial charge in [-0.1, -0.05) is 12.1 Å². The molecule has 1 aromatic carbocycles. The van der Waals surface area contributed by atoms with Gasteiger partial charge in [0.1, 0.15) is 11.6 Å². The van der Waals surface area contributed by atoms with Gasteiger partial charge in [0.15, 0.2) is 0 Å². The van der Waals surface area contributed by atoms with Crippen molar-refractivity contribution in [2.75, 3.05) is 33.1 Å². The highest BCUT2D eigenvalue weighted by Gasteiger charge is 2.10. The van der Waals surface area contributed by atoms with Crippen LogP contribution in [0.3, 0.4) is 0 Å². The molecule has 0 fully saturated rings. The Morgan fingerprint density at radius 1 is 1.17 bits per heavy atom. The minimum atomic E-state index is -0.283. The summed E-state index contributed by atoms with van der Waals surface area (Å²) in [5.41, 5.74) is 2.05. The molecule has 1 amide bonds. The average molecular weight is 243 g/mol. The van der Waals surface area contributed by atoms with E-state index in [4.69, 9.17) is 5.26 Å². The number of likely N-dealkylation sites (N-methyl/N-ethyl adjacent to an activating group) is 1. The molecule has 94 valence electrons. The molecule has 4 nitrogen and oxygen atoms in total. The van der Waals surface area contributed by atoms with Gasteiger partial charge in [-0.3, -0.25) is 4.79 Å². The number of benzene rings is 1. The van der Waals surface area contributed by atoms with Gasteiger partial charge >= 0.3 is 0 Å². The van der Waals surface area contributed by atoms with Crippen molar-refractivity contribution in [1.29, 1.82) is 5.26 Å². The van der Waals surface area contributed by atoms with Crippen LogP contribution in [0.25, 0.3) is 6.08 Å². The standard InChI is InChI=1S/C14H17N3O/c1-16(2)13-7-5-11(6-8-13)9-12(10-15)14(18)17(3)4/h5-9H,1-4H3/b12-9-. The summed E-state index contributed by atoms with van der Waals surface area (Å²) in [6.45, 7) is 0. The fourth-order valence-corrected chi connectivity index (χ4v) is 1.42. The largest absolute Gasteiger partial charge is 0.378 e. The Kier molecular flexibility index (Phi) is 4.50. The van der Waals surface area contributed by atoms with Crippen molar-refractivity contribution >= 4 is 17.7 Å². The van der Waals surface area contributed by atoms with Gasteiger partial charge in [0.2, 0.25) is 0 Å². The monoisotopic (exact) mass is 243 g/mol. The Morgan fingerprint density at radius 3 is 2.11 bits per heavy atom. The minimum absolute atomic E-state index is 0.137. The number of amides is 1. The van der Waals surface area contributed by atoms with Crippen LogP contribution >= 0.6 is 0 Å². The molecule has 0 bridgehead atoms. The van der Waals surface area contributed by atoms with Gasteiger partial charge in [-0.05, 0) is 23.8 Å². The van der Waals surface area contributed by atoms with E-state index in [0.717, 1.165) is 11.3 Å². The summed E-state index contributed by atoms with van der Waals surface area (Å²) < 4.78 is 0. The normalized spacial score (nSPS) is 10.7. The second-order valence-electron chi connectivity index (χ2n) is 4.36. The molecule has 0 atom stereocenters.